The van der Waals surface area contributed by atoms with E-state index in [2.05, 4.69) is 33.9 Å². The highest BCUT2D eigenvalue weighted by molar-refractivity contribution is 7.99. The van der Waals surface area contributed by atoms with Gasteiger partial charge in [-0.3, -0.25) is 9.89 Å². The van der Waals surface area contributed by atoms with Gasteiger partial charge in [0.1, 0.15) is 11.2 Å². The fraction of sp³-hybridized carbons (Fsp3) is 0.630. The second-order valence-electron chi connectivity index (χ2n) is 11.1. The zero-order valence-electron chi connectivity index (χ0n) is 21.5. The Balaban J connectivity index is 1.62. The lowest BCUT2D eigenvalue weighted by atomic mass is 9.81. The minimum atomic E-state index is -0.997. The highest BCUT2D eigenvalue weighted by Gasteiger charge is 2.37. The molecule has 7 nitrogen and oxygen atoms in total. The Kier molecular flexibility index (Phi) is 8.46. The molecule has 2 aromatic rings. The van der Waals surface area contributed by atoms with Gasteiger partial charge in [0, 0.05) is 22.6 Å². The highest BCUT2D eigenvalue weighted by Crippen LogP contribution is 2.40. The fourth-order valence-corrected chi connectivity index (χ4v) is 6.91. The molecular weight excluding hydrogens is 492 g/mol. The van der Waals surface area contributed by atoms with Gasteiger partial charge in [-0.25, -0.2) is 9.78 Å². The van der Waals surface area contributed by atoms with Gasteiger partial charge in [0.05, 0.1) is 10.6 Å². The molecule has 2 fully saturated rings. The largest absolute Gasteiger partial charge is 0.477 e. The van der Waals surface area contributed by atoms with E-state index in [1.807, 2.05) is 31.7 Å². The number of anilines is 1. The van der Waals surface area contributed by atoms with Gasteiger partial charge in [0.2, 0.25) is 11.1 Å². The summed E-state index contributed by atoms with van der Waals surface area (Å²) in [5, 5.41) is 18.1. The van der Waals surface area contributed by atoms with Crippen LogP contribution >= 0.6 is 23.1 Å². The second kappa shape index (κ2) is 11.4. The summed E-state index contributed by atoms with van der Waals surface area (Å²) in [5.74, 6) is 6.05. The van der Waals surface area contributed by atoms with Crippen molar-refractivity contribution in [3.8, 4) is 11.8 Å². The molecule has 0 aliphatic heterocycles. The Morgan fingerprint density at radius 1 is 1.14 bits per heavy atom. The first-order valence-electron chi connectivity index (χ1n) is 12.9. The van der Waals surface area contributed by atoms with E-state index in [1.165, 1.54) is 11.3 Å². The molecule has 2 N–H and O–H groups in total. The highest BCUT2D eigenvalue weighted by atomic mass is 32.2. The van der Waals surface area contributed by atoms with Crippen LogP contribution < -0.4 is 4.90 Å². The number of amides is 1. The minimum absolute atomic E-state index is 0.0167. The Hall–Kier alpha value is -2.31. The summed E-state index contributed by atoms with van der Waals surface area (Å²) in [6.45, 7) is 8.33. The van der Waals surface area contributed by atoms with Crippen molar-refractivity contribution in [2.24, 2.45) is 17.3 Å². The fourth-order valence-electron chi connectivity index (χ4n) is 5.05. The van der Waals surface area contributed by atoms with Crippen LogP contribution in [0.4, 0.5) is 5.69 Å². The maximum absolute atomic E-state index is 14.0. The molecular formula is C27H36N4O3S2. The van der Waals surface area contributed by atoms with Crippen molar-refractivity contribution in [2.75, 3.05) is 4.90 Å². The molecule has 2 aromatic heterocycles. The molecule has 2 aliphatic rings. The molecule has 4 rings (SSSR count). The number of carbonyl (C=O) groups is 2. The molecule has 0 saturated heterocycles. The van der Waals surface area contributed by atoms with Crippen LogP contribution in [0.15, 0.2) is 17.6 Å². The number of aromatic carboxylic acids is 1. The third-order valence-electron chi connectivity index (χ3n) is 7.00. The number of hydrogen-bond acceptors (Lipinski definition) is 6. The quantitative estimate of drug-likeness (QED) is 0.432. The van der Waals surface area contributed by atoms with Crippen molar-refractivity contribution < 1.29 is 14.7 Å². The predicted molar refractivity (Wildman–Crippen MR) is 145 cm³/mol. The molecule has 2 heterocycles. The number of H-pyrrole nitrogens is 1. The number of rotatable bonds is 6. The lowest BCUT2D eigenvalue weighted by molar-refractivity contribution is -0.124. The van der Waals surface area contributed by atoms with E-state index in [1.54, 1.807) is 18.1 Å². The maximum atomic E-state index is 14.0. The normalized spacial score (nSPS) is 24.6. The number of thiophene rings is 1. The van der Waals surface area contributed by atoms with E-state index in [4.69, 9.17) is 0 Å². The maximum Gasteiger partial charge on any atom is 0.348 e. The van der Waals surface area contributed by atoms with Gasteiger partial charge >= 0.3 is 5.97 Å². The van der Waals surface area contributed by atoms with Gasteiger partial charge in [-0.1, -0.05) is 30.5 Å². The summed E-state index contributed by atoms with van der Waals surface area (Å²) < 4.78 is 0. The Morgan fingerprint density at radius 2 is 1.83 bits per heavy atom. The van der Waals surface area contributed by atoms with Crippen molar-refractivity contribution in [3.63, 3.8) is 0 Å². The zero-order chi connectivity index (χ0) is 25.9. The van der Waals surface area contributed by atoms with Crippen molar-refractivity contribution >= 4 is 40.7 Å². The zero-order valence-corrected chi connectivity index (χ0v) is 23.2. The molecule has 0 spiro atoms. The Bertz CT molecular complexity index is 1110. The predicted octanol–water partition coefficient (Wildman–Crippen LogP) is 6.22. The van der Waals surface area contributed by atoms with E-state index in [0.717, 1.165) is 56.5 Å². The smallest absolute Gasteiger partial charge is 0.348 e. The SMILES string of the molecule is CC1CCC(C(=O)N(c2cc(C#CC(C)(C)C)sc2C(=O)O)C2CCC(Sc3nc[nH]n3)CC2)CC1. The molecule has 0 radical (unpaired) electrons. The number of nitrogens with one attached hydrogen (secondary N) is 1. The third kappa shape index (κ3) is 6.71. The van der Waals surface area contributed by atoms with Gasteiger partial charge in [0.15, 0.2) is 0 Å². The summed E-state index contributed by atoms with van der Waals surface area (Å²) in [5.41, 5.74) is 0.334. The van der Waals surface area contributed by atoms with Crippen molar-refractivity contribution in [3.05, 3.63) is 22.1 Å². The summed E-state index contributed by atoms with van der Waals surface area (Å²) in [4.78, 5) is 33.3. The minimum Gasteiger partial charge on any atom is -0.477 e. The van der Waals surface area contributed by atoms with Crippen LogP contribution in [-0.4, -0.2) is 43.5 Å². The van der Waals surface area contributed by atoms with E-state index in [0.29, 0.717) is 21.7 Å². The number of aromatic amines is 1. The number of carbonyl (C=O) groups excluding carboxylic acids is 1. The molecule has 2 saturated carbocycles. The monoisotopic (exact) mass is 528 g/mol. The van der Waals surface area contributed by atoms with Crippen molar-refractivity contribution in [1.82, 2.24) is 15.2 Å². The second-order valence-corrected chi connectivity index (χ2v) is 13.4. The van der Waals surface area contributed by atoms with Crippen LogP contribution in [0.3, 0.4) is 0 Å². The first-order chi connectivity index (χ1) is 17.1. The van der Waals surface area contributed by atoms with Crippen LogP contribution in [0, 0.1) is 29.1 Å². The number of carboxylic acid groups (broad SMARTS) is 1. The Labute approximate surface area is 221 Å². The molecule has 0 unspecified atom stereocenters. The molecule has 2 aliphatic carbocycles. The van der Waals surface area contributed by atoms with Crippen LogP contribution in [0.5, 0.6) is 0 Å². The molecule has 194 valence electrons. The summed E-state index contributed by atoms with van der Waals surface area (Å²) in [6, 6.07) is 1.82. The standard InChI is InChI=1S/C27H36N4O3S2/c1-17-5-7-18(8-6-17)24(32)31(19-9-11-20(12-10-19)36-26-28-16-29-30-26)22-15-21(13-14-27(2,3)4)35-23(22)25(33)34/h15-20H,5-12H2,1-4H3,(H,33,34)(H,28,29,30). The molecule has 0 bridgehead atoms. The lowest BCUT2D eigenvalue weighted by Gasteiger charge is -2.39. The number of thioether (sulfide) groups is 1. The first-order valence-corrected chi connectivity index (χ1v) is 14.6. The molecule has 9 heteroatoms. The summed E-state index contributed by atoms with van der Waals surface area (Å²) >= 11 is 2.85. The summed E-state index contributed by atoms with van der Waals surface area (Å²) in [6.07, 6.45) is 8.93. The van der Waals surface area contributed by atoms with Crippen molar-refractivity contribution in [2.45, 2.75) is 95.5 Å². The van der Waals surface area contributed by atoms with Gasteiger partial charge in [-0.15, -0.1) is 16.4 Å². The average Bonchev–Trinajstić information content (AvgIpc) is 3.49. The first kappa shape index (κ1) is 26.7. The van der Waals surface area contributed by atoms with Crippen LogP contribution in [-0.2, 0) is 4.79 Å². The van der Waals surface area contributed by atoms with E-state index >= 15 is 0 Å². The van der Waals surface area contributed by atoms with Crippen LogP contribution in [0.25, 0.3) is 0 Å². The van der Waals surface area contributed by atoms with Gasteiger partial charge in [0.25, 0.3) is 0 Å². The number of hydrogen-bond donors (Lipinski definition) is 2. The van der Waals surface area contributed by atoms with E-state index < -0.39 is 5.97 Å². The van der Waals surface area contributed by atoms with Gasteiger partial charge in [-0.05, 0) is 84.1 Å². The van der Waals surface area contributed by atoms with Gasteiger partial charge in [-0.2, -0.15) is 0 Å². The van der Waals surface area contributed by atoms with Crippen LogP contribution in [0.2, 0.25) is 0 Å². The molecule has 0 aromatic carbocycles. The molecule has 0 atom stereocenters. The molecule has 1 amide bonds. The lowest BCUT2D eigenvalue weighted by Crippen LogP contribution is -2.46. The van der Waals surface area contributed by atoms with Gasteiger partial charge < -0.3 is 10.0 Å². The van der Waals surface area contributed by atoms with E-state index in [9.17, 15) is 14.7 Å². The van der Waals surface area contributed by atoms with Crippen molar-refractivity contribution in [1.29, 1.82) is 0 Å². The third-order valence-corrected chi connectivity index (χ3v) is 9.24. The number of nitrogens with zero attached hydrogens (tertiary/aromatic N) is 3. The Morgan fingerprint density at radius 3 is 2.42 bits per heavy atom. The molecule has 36 heavy (non-hydrogen) atoms. The summed E-state index contributed by atoms with van der Waals surface area (Å²) in [7, 11) is 0. The van der Waals surface area contributed by atoms with Crippen LogP contribution in [0.1, 0.15) is 93.6 Å². The topological polar surface area (TPSA) is 99.2 Å². The average molecular weight is 529 g/mol. The van der Waals surface area contributed by atoms with E-state index in [-0.39, 0.29) is 28.2 Å². The number of carboxylic acids is 1. The number of aromatic nitrogens is 3.